The first-order chi connectivity index (χ1) is 15.4. The van der Waals surface area contributed by atoms with Crippen LogP contribution in [0, 0.1) is 12.8 Å². The van der Waals surface area contributed by atoms with Crippen molar-refractivity contribution in [1.82, 2.24) is 4.98 Å². The number of benzene rings is 1. The van der Waals surface area contributed by atoms with Crippen molar-refractivity contribution in [2.45, 2.75) is 89.4 Å². The molecule has 0 unspecified atom stereocenters. The van der Waals surface area contributed by atoms with Gasteiger partial charge in [-0.2, -0.15) is 0 Å². The smallest absolute Gasteiger partial charge is 0.318 e. The molecule has 1 aromatic heterocycles. The van der Waals surface area contributed by atoms with Crippen LogP contribution in [0.5, 0.6) is 0 Å². The average molecular weight is 450 g/mol. The Bertz CT molecular complexity index is 1080. The summed E-state index contributed by atoms with van der Waals surface area (Å²) in [7, 11) is 0. The van der Waals surface area contributed by atoms with Crippen molar-refractivity contribution in [2.24, 2.45) is 5.92 Å². The van der Waals surface area contributed by atoms with Crippen molar-refractivity contribution < 1.29 is 19.8 Å². The summed E-state index contributed by atoms with van der Waals surface area (Å²) >= 11 is 0. The molecule has 2 N–H and O–H groups in total. The van der Waals surface area contributed by atoms with Gasteiger partial charge in [-0.05, 0) is 83.7 Å². The van der Waals surface area contributed by atoms with Gasteiger partial charge in [-0.15, -0.1) is 0 Å². The van der Waals surface area contributed by atoms with Crippen LogP contribution in [0.15, 0.2) is 30.5 Å². The molecule has 2 aromatic rings. The van der Waals surface area contributed by atoms with E-state index in [1.54, 1.807) is 6.20 Å². The number of rotatable bonds is 6. The molecule has 0 spiro atoms. The number of fused-ring (bicyclic) bond motifs is 1. The van der Waals surface area contributed by atoms with Crippen LogP contribution in [0.25, 0.3) is 0 Å². The summed E-state index contributed by atoms with van der Waals surface area (Å²) < 4.78 is 0. The van der Waals surface area contributed by atoms with E-state index in [2.05, 4.69) is 46.8 Å². The lowest BCUT2D eigenvalue weighted by molar-refractivity contribution is -0.154. The Hall–Kier alpha value is -2.69. The van der Waals surface area contributed by atoms with E-state index in [0.29, 0.717) is 5.56 Å². The minimum Gasteiger partial charge on any atom is -0.481 e. The van der Waals surface area contributed by atoms with Gasteiger partial charge < -0.3 is 10.2 Å². The van der Waals surface area contributed by atoms with Gasteiger partial charge in [0.2, 0.25) is 0 Å². The van der Waals surface area contributed by atoms with Crippen LogP contribution in [-0.4, -0.2) is 27.1 Å². The lowest BCUT2D eigenvalue weighted by Gasteiger charge is -2.46. The Kier molecular flexibility index (Phi) is 5.66. The van der Waals surface area contributed by atoms with E-state index < -0.39 is 17.9 Å². The van der Waals surface area contributed by atoms with Crippen molar-refractivity contribution >= 4 is 11.9 Å². The number of aliphatic carboxylic acids is 2. The third kappa shape index (κ3) is 3.96. The van der Waals surface area contributed by atoms with Gasteiger partial charge in [-0.25, -0.2) is 0 Å². The number of aryl methyl sites for hydroxylation is 1. The minimum absolute atomic E-state index is 0.0634. The minimum atomic E-state index is -1.45. The maximum atomic E-state index is 11.3. The fraction of sp³-hybridized carbons (Fsp3) is 0.536. The zero-order valence-electron chi connectivity index (χ0n) is 20.4. The van der Waals surface area contributed by atoms with E-state index in [-0.39, 0.29) is 22.7 Å². The molecule has 2 aliphatic carbocycles. The van der Waals surface area contributed by atoms with Gasteiger partial charge in [-0.1, -0.05) is 52.3 Å². The molecule has 176 valence electrons. The Morgan fingerprint density at radius 1 is 0.909 bits per heavy atom. The Balaban J connectivity index is 1.73. The second kappa shape index (κ2) is 7.96. The molecular formula is C28H35NO4. The van der Waals surface area contributed by atoms with Gasteiger partial charge >= 0.3 is 11.9 Å². The van der Waals surface area contributed by atoms with Crippen LogP contribution < -0.4 is 0 Å². The van der Waals surface area contributed by atoms with Crippen molar-refractivity contribution in [3.05, 3.63) is 64.0 Å². The molecule has 0 radical (unpaired) electrons. The second-order valence-corrected chi connectivity index (χ2v) is 11.4. The van der Waals surface area contributed by atoms with Gasteiger partial charge in [0.1, 0.15) is 0 Å². The van der Waals surface area contributed by atoms with Crippen LogP contribution in [0.4, 0.5) is 0 Å². The number of carboxylic acid groups (broad SMARTS) is 2. The maximum absolute atomic E-state index is 11.3. The largest absolute Gasteiger partial charge is 0.481 e. The lowest BCUT2D eigenvalue weighted by atomic mass is 9.57. The fourth-order valence-electron chi connectivity index (χ4n) is 5.78. The fourth-order valence-corrected chi connectivity index (χ4v) is 5.78. The van der Waals surface area contributed by atoms with E-state index in [1.807, 2.05) is 12.1 Å². The summed E-state index contributed by atoms with van der Waals surface area (Å²) in [6, 6.07) is 8.68. The molecule has 0 saturated heterocycles. The van der Waals surface area contributed by atoms with E-state index >= 15 is 0 Å². The number of hydrogen-bond acceptors (Lipinski definition) is 3. The highest BCUT2D eigenvalue weighted by Gasteiger charge is 2.45. The predicted molar refractivity (Wildman–Crippen MR) is 128 cm³/mol. The van der Waals surface area contributed by atoms with E-state index in [4.69, 9.17) is 4.98 Å². The highest BCUT2D eigenvalue weighted by molar-refractivity contribution is 5.93. The number of carbonyl (C=O) groups is 2. The second-order valence-electron chi connectivity index (χ2n) is 11.4. The Labute approximate surface area is 196 Å². The molecule has 0 aliphatic heterocycles. The molecule has 2 aliphatic rings. The number of carboxylic acids is 2. The first-order valence-corrected chi connectivity index (χ1v) is 11.9. The standard InChI is InChI=1S/C28H35NO4/c1-17-13-21-22(27(4,5)12-11-26(21,2)3)15-20(17)28(9-6-10-28)23-8-7-18(16-29-23)14-19(24(30)31)25(32)33/h7-8,13,15-16,19H,6,9-12,14H2,1-5H3,(H,30,31)(H,32,33). The molecule has 33 heavy (non-hydrogen) atoms. The molecule has 4 rings (SSSR count). The van der Waals surface area contributed by atoms with Crippen LogP contribution in [0.1, 0.15) is 93.3 Å². The van der Waals surface area contributed by atoms with Gasteiger partial charge in [-0.3, -0.25) is 14.6 Å². The third-order valence-electron chi connectivity index (χ3n) is 8.27. The van der Waals surface area contributed by atoms with Crippen molar-refractivity contribution in [1.29, 1.82) is 0 Å². The van der Waals surface area contributed by atoms with Crippen LogP contribution in [0.2, 0.25) is 0 Å². The van der Waals surface area contributed by atoms with Gasteiger partial charge in [0, 0.05) is 11.6 Å². The summed E-state index contributed by atoms with van der Waals surface area (Å²) in [5.74, 6) is -4.10. The summed E-state index contributed by atoms with van der Waals surface area (Å²) in [5, 5.41) is 18.4. The van der Waals surface area contributed by atoms with E-state index in [1.165, 1.54) is 35.1 Å². The van der Waals surface area contributed by atoms with Gasteiger partial charge in [0.25, 0.3) is 0 Å². The molecule has 5 nitrogen and oxygen atoms in total. The first kappa shape index (κ1) is 23.5. The topological polar surface area (TPSA) is 87.5 Å². The summed E-state index contributed by atoms with van der Waals surface area (Å²) in [6.07, 6.45) is 7.18. The van der Waals surface area contributed by atoms with E-state index in [0.717, 1.165) is 25.0 Å². The highest BCUT2D eigenvalue weighted by atomic mass is 16.4. The summed E-state index contributed by atoms with van der Waals surface area (Å²) in [5.41, 5.74) is 7.38. The van der Waals surface area contributed by atoms with Crippen LogP contribution in [0.3, 0.4) is 0 Å². The monoisotopic (exact) mass is 449 g/mol. The molecule has 0 bridgehead atoms. The maximum Gasteiger partial charge on any atom is 0.318 e. The summed E-state index contributed by atoms with van der Waals surface area (Å²) in [4.78, 5) is 27.3. The molecule has 5 heteroatoms. The quantitative estimate of drug-likeness (QED) is 0.566. The number of hydrogen-bond donors (Lipinski definition) is 2. The highest BCUT2D eigenvalue weighted by Crippen LogP contribution is 2.53. The molecule has 1 fully saturated rings. The zero-order chi connectivity index (χ0) is 24.2. The van der Waals surface area contributed by atoms with Crippen molar-refractivity contribution in [3.8, 4) is 0 Å². The van der Waals surface area contributed by atoms with Crippen LogP contribution >= 0.6 is 0 Å². The zero-order valence-corrected chi connectivity index (χ0v) is 20.4. The summed E-state index contributed by atoms with van der Waals surface area (Å²) in [6.45, 7) is 11.6. The first-order valence-electron chi connectivity index (χ1n) is 11.9. The van der Waals surface area contributed by atoms with Crippen molar-refractivity contribution in [3.63, 3.8) is 0 Å². The Morgan fingerprint density at radius 2 is 1.48 bits per heavy atom. The van der Waals surface area contributed by atoms with E-state index in [9.17, 15) is 19.8 Å². The van der Waals surface area contributed by atoms with Gasteiger partial charge in [0.05, 0.1) is 5.69 Å². The average Bonchev–Trinajstić information content (AvgIpc) is 2.70. The molecule has 1 saturated carbocycles. The normalized spacial score (nSPS) is 20.1. The van der Waals surface area contributed by atoms with Crippen LogP contribution in [-0.2, 0) is 32.3 Å². The van der Waals surface area contributed by atoms with Gasteiger partial charge in [0.15, 0.2) is 5.92 Å². The molecular weight excluding hydrogens is 414 g/mol. The number of aromatic nitrogens is 1. The third-order valence-corrected chi connectivity index (χ3v) is 8.27. The molecule has 1 aromatic carbocycles. The SMILES string of the molecule is Cc1cc2c(cc1C1(c3ccc(CC(C(=O)O)C(=O)O)cn3)CCC1)C(C)(C)CCC2(C)C. The van der Waals surface area contributed by atoms with Crippen molar-refractivity contribution in [2.75, 3.05) is 0 Å². The number of nitrogens with zero attached hydrogens (tertiary/aromatic N) is 1. The molecule has 0 atom stereocenters. The number of pyridine rings is 1. The molecule has 0 amide bonds. The lowest BCUT2D eigenvalue weighted by Crippen LogP contribution is -2.39. The Morgan fingerprint density at radius 3 is 1.94 bits per heavy atom. The predicted octanol–water partition coefficient (Wildman–Crippen LogP) is 5.54. The molecule has 1 heterocycles.